The third-order valence-corrected chi connectivity index (χ3v) is 8.15. The Morgan fingerprint density at radius 2 is 1.97 bits per heavy atom. The highest BCUT2D eigenvalue weighted by Crippen LogP contribution is 2.38. The number of methoxy groups -OCH3 is 1. The van der Waals surface area contributed by atoms with Crippen molar-refractivity contribution in [3.8, 4) is 11.5 Å². The summed E-state index contributed by atoms with van der Waals surface area (Å²) >= 11 is 2.08. The Balaban J connectivity index is 1.97. The minimum Gasteiger partial charge on any atom is -0.493 e. The van der Waals surface area contributed by atoms with E-state index in [1.54, 1.807) is 18.2 Å². The Morgan fingerprint density at radius 3 is 2.62 bits per heavy atom. The maximum absolute atomic E-state index is 13.6. The Morgan fingerprint density at radius 1 is 1.23 bits per heavy atom. The molecular formula is C29H41IN2O7. The number of carbonyl (C=O) groups excluding carboxylic acids is 2. The quantitative estimate of drug-likeness (QED) is 0.138. The number of unbranched alkanes of at least 4 members (excludes halogenated alkanes) is 2. The lowest BCUT2D eigenvalue weighted by molar-refractivity contribution is -0.142. The molecule has 0 aromatic heterocycles. The first-order chi connectivity index (χ1) is 18.8. The van der Waals surface area contributed by atoms with E-state index in [0.29, 0.717) is 32.6 Å². The van der Waals surface area contributed by atoms with Crippen LogP contribution in [0.25, 0.3) is 0 Å². The van der Waals surface area contributed by atoms with Gasteiger partial charge in [0, 0.05) is 31.0 Å². The largest absolute Gasteiger partial charge is 0.493 e. The molecule has 0 aliphatic heterocycles. The van der Waals surface area contributed by atoms with Crippen LogP contribution in [0.5, 0.6) is 11.5 Å². The molecule has 1 saturated carbocycles. The highest BCUT2D eigenvalue weighted by Gasteiger charge is 2.43. The van der Waals surface area contributed by atoms with Crippen molar-refractivity contribution in [2.75, 3.05) is 20.3 Å². The molecule has 0 radical (unpaired) electrons. The standard InChI is InChI=1S/C29H41IN2O7/c1-3-4-5-6-11-26(35)32(21-9-7-8-10-21)23-16-20(29(37)31-12-13-33)17-24(27(23)36)39-28-22(30)14-19(18-34)15-25(28)38-2/h3,14-15,17,21,23-24,27,33-34,36H,1,4-13,16,18H2,2H3,(H,31,37)/t23-,24+,27+/m1/s1. The lowest BCUT2D eigenvalue weighted by atomic mass is 9.87. The van der Waals surface area contributed by atoms with Crippen LogP contribution in [-0.2, 0) is 16.2 Å². The third-order valence-electron chi connectivity index (χ3n) is 7.35. The number of halogens is 1. The summed E-state index contributed by atoms with van der Waals surface area (Å²) in [7, 11) is 1.50. The van der Waals surface area contributed by atoms with Crippen LogP contribution in [0.1, 0.15) is 63.4 Å². The number of aliphatic hydroxyl groups excluding tert-OH is 3. The molecule has 2 aliphatic carbocycles. The predicted molar refractivity (Wildman–Crippen MR) is 156 cm³/mol. The zero-order valence-corrected chi connectivity index (χ0v) is 24.8. The summed E-state index contributed by atoms with van der Waals surface area (Å²) in [6.07, 6.45) is 8.15. The maximum Gasteiger partial charge on any atom is 0.247 e. The molecule has 10 heteroatoms. The lowest BCUT2D eigenvalue weighted by Gasteiger charge is -2.43. The van der Waals surface area contributed by atoms with Crippen molar-refractivity contribution in [1.82, 2.24) is 10.2 Å². The molecule has 216 valence electrons. The van der Waals surface area contributed by atoms with Gasteiger partial charge in [-0.05, 0) is 78.5 Å². The normalized spacial score (nSPS) is 21.3. The van der Waals surface area contributed by atoms with E-state index < -0.39 is 18.2 Å². The molecule has 0 heterocycles. The summed E-state index contributed by atoms with van der Waals surface area (Å²) in [5, 5.41) is 33.2. The smallest absolute Gasteiger partial charge is 0.247 e. The highest BCUT2D eigenvalue weighted by atomic mass is 127. The van der Waals surface area contributed by atoms with E-state index in [4.69, 9.17) is 9.47 Å². The van der Waals surface area contributed by atoms with Gasteiger partial charge in [0.25, 0.3) is 0 Å². The highest BCUT2D eigenvalue weighted by molar-refractivity contribution is 14.1. The summed E-state index contributed by atoms with van der Waals surface area (Å²) in [6, 6.07) is 2.78. The van der Waals surface area contributed by atoms with Crippen molar-refractivity contribution >= 4 is 34.4 Å². The number of nitrogens with zero attached hydrogens (tertiary/aromatic N) is 1. The molecular weight excluding hydrogens is 615 g/mol. The Bertz CT molecular complexity index is 1030. The SMILES string of the molecule is C=CCCCCC(=O)N(C1CCCC1)[C@@H]1CC(C(=O)NCCO)=C[C@H](Oc2c(I)cc(CO)cc2OC)[C@H]1O. The van der Waals surface area contributed by atoms with Gasteiger partial charge in [0.2, 0.25) is 11.8 Å². The number of benzene rings is 1. The van der Waals surface area contributed by atoms with E-state index in [1.165, 1.54) is 7.11 Å². The van der Waals surface area contributed by atoms with Gasteiger partial charge < -0.3 is 35.0 Å². The van der Waals surface area contributed by atoms with E-state index in [-0.39, 0.29) is 44.0 Å². The lowest BCUT2D eigenvalue weighted by Crippen LogP contribution is -2.57. The number of allylic oxidation sites excluding steroid dienone is 1. The second-order valence-corrected chi connectivity index (χ2v) is 11.2. The molecule has 0 unspecified atom stereocenters. The van der Waals surface area contributed by atoms with Crippen LogP contribution in [0.15, 0.2) is 36.4 Å². The number of ether oxygens (including phenoxy) is 2. The molecule has 0 spiro atoms. The van der Waals surface area contributed by atoms with E-state index in [1.807, 2.05) is 11.0 Å². The summed E-state index contributed by atoms with van der Waals surface area (Å²) in [4.78, 5) is 28.5. The van der Waals surface area contributed by atoms with Crippen LogP contribution in [0, 0.1) is 3.57 Å². The Hall–Kier alpha value is -2.15. The Labute approximate surface area is 244 Å². The third kappa shape index (κ3) is 8.18. The second kappa shape index (κ2) is 15.6. The van der Waals surface area contributed by atoms with Gasteiger partial charge in [0.15, 0.2) is 11.5 Å². The minimum atomic E-state index is -1.09. The van der Waals surface area contributed by atoms with Crippen LogP contribution in [0.2, 0.25) is 0 Å². The number of aliphatic hydroxyl groups is 3. The molecule has 2 aliphatic rings. The molecule has 2 amide bonds. The fourth-order valence-corrected chi connectivity index (χ4v) is 6.19. The van der Waals surface area contributed by atoms with Gasteiger partial charge >= 0.3 is 0 Å². The van der Waals surface area contributed by atoms with Crippen molar-refractivity contribution in [2.45, 2.75) is 88.7 Å². The maximum atomic E-state index is 13.6. The number of amides is 2. The molecule has 1 aromatic carbocycles. The summed E-state index contributed by atoms with van der Waals surface area (Å²) < 4.78 is 12.5. The number of rotatable bonds is 14. The summed E-state index contributed by atoms with van der Waals surface area (Å²) in [5.74, 6) is 0.391. The van der Waals surface area contributed by atoms with Crippen molar-refractivity contribution in [3.63, 3.8) is 0 Å². The Kier molecular flexibility index (Phi) is 12.5. The fraction of sp³-hybridized carbons (Fsp3) is 0.586. The molecule has 9 nitrogen and oxygen atoms in total. The average Bonchev–Trinajstić information content (AvgIpc) is 3.46. The van der Waals surface area contributed by atoms with Gasteiger partial charge in [-0.15, -0.1) is 6.58 Å². The summed E-state index contributed by atoms with van der Waals surface area (Å²) in [6.45, 7) is 3.48. The van der Waals surface area contributed by atoms with Gasteiger partial charge in [-0.1, -0.05) is 18.9 Å². The van der Waals surface area contributed by atoms with Crippen LogP contribution in [0.4, 0.5) is 0 Å². The first kappa shape index (κ1) is 31.4. The molecule has 1 aromatic rings. The number of nitrogens with one attached hydrogen (secondary N) is 1. The number of hydrogen-bond donors (Lipinski definition) is 4. The van der Waals surface area contributed by atoms with E-state index in [9.17, 15) is 24.9 Å². The first-order valence-electron chi connectivity index (χ1n) is 13.7. The molecule has 0 bridgehead atoms. The van der Waals surface area contributed by atoms with Crippen LogP contribution >= 0.6 is 22.6 Å². The monoisotopic (exact) mass is 656 g/mol. The van der Waals surface area contributed by atoms with Crippen molar-refractivity contribution in [1.29, 1.82) is 0 Å². The van der Waals surface area contributed by atoms with Crippen LogP contribution in [0.3, 0.4) is 0 Å². The predicted octanol–water partition coefficient (Wildman–Crippen LogP) is 3.23. The number of carbonyl (C=O) groups is 2. The molecule has 1 fully saturated rings. The van der Waals surface area contributed by atoms with Crippen LogP contribution < -0.4 is 14.8 Å². The zero-order chi connectivity index (χ0) is 28.4. The molecule has 39 heavy (non-hydrogen) atoms. The van der Waals surface area contributed by atoms with Crippen molar-refractivity contribution in [2.24, 2.45) is 0 Å². The van der Waals surface area contributed by atoms with E-state index in [2.05, 4.69) is 34.5 Å². The fourth-order valence-electron chi connectivity index (χ4n) is 5.40. The van der Waals surface area contributed by atoms with Gasteiger partial charge in [0.1, 0.15) is 12.2 Å². The van der Waals surface area contributed by atoms with Gasteiger partial charge in [-0.2, -0.15) is 0 Å². The first-order valence-corrected chi connectivity index (χ1v) is 14.8. The zero-order valence-electron chi connectivity index (χ0n) is 22.6. The van der Waals surface area contributed by atoms with Gasteiger partial charge in [0.05, 0.1) is 29.9 Å². The molecule has 4 N–H and O–H groups in total. The van der Waals surface area contributed by atoms with E-state index >= 15 is 0 Å². The average molecular weight is 657 g/mol. The van der Waals surface area contributed by atoms with Crippen molar-refractivity contribution < 1.29 is 34.4 Å². The second-order valence-electron chi connectivity index (χ2n) is 10.1. The van der Waals surface area contributed by atoms with Crippen LogP contribution in [-0.4, -0.2) is 76.6 Å². The van der Waals surface area contributed by atoms with Gasteiger partial charge in [-0.3, -0.25) is 9.59 Å². The number of hydrogen-bond acceptors (Lipinski definition) is 7. The topological polar surface area (TPSA) is 129 Å². The minimum absolute atomic E-state index is 0.00410. The summed E-state index contributed by atoms with van der Waals surface area (Å²) in [5.41, 5.74) is 1.05. The van der Waals surface area contributed by atoms with Gasteiger partial charge in [-0.25, -0.2) is 0 Å². The van der Waals surface area contributed by atoms with E-state index in [0.717, 1.165) is 44.9 Å². The molecule has 3 rings (SSSR count). The molecule has 3 atom stereocenters. The van der Waals surface area contributed by atoms with Crippen molar-refractivity contribution in [3.05, 3.63) is 45.6 Å². The molecule has 0 saturated heterocycles.